The van der Waals surface area contributed by atoms with Crippen LogP contribution in [-0.4, -0.2) is 127 Å². The Morgan fingerprint density at radius 3 is 2.12 bits per heavy atom. The molecule has 2 aliphatic heterocycles. The molecule has 2 saturated heterocycles. The lowest BCUT2D eigenvalue weighted by Crippen LogP contribution is -2.64. The van der Waals surface area contributed by atoms with Gasteiger partial charge in [-0.15, -0.1) is 0 Å². The quantitative estimate of drug-likeness (QED) is 0.141. The van der Waals surface area contributed by atoms with E-state index in [1.165, 1.54) is 26.2 Å². The Bertz CT molecular complexity index is 1250. The molecular weight excluding hydrogens is 576 g/mol. The Morgan fingerprint density at radius 2 is 1.51 bits per heavy atom. The molecule has 2 aromatic rings. The average molecular weight is 613 g/mol. The SMILES string of the molecule is COc1ccc(CCC(=O)c2c(O)cc(O[C@H]3O[C@@H](CO)[C@H](O)[C@@H](O)[C@@H]3O[C@@H]3O[C@H](C)[C@H](O)[C@@H](O)[C@@H]3O)cc2O)cc1O. The average Bonchev–Trinajstić information content (AvgIpc) is 2.96. The summed E-state index contributed by atoms with van der Waals surface area (Å²) in [6, 6.07) is 6.59. The summed E-state index contributed by atoms with van der Waals surface area (Å²) in [5.74, 6) is -2.04. The Balaban J connectivity index is 1.51. The number of aromatic hydroxyl groups is 3. The molecular formula is C28H36O15. The van der Waals surface area contributed by atoms with E-state index in [0.717, 1.165) is 12.1 Å². The number of rotatable bonds is 10. The number of carbonyl (C=O) groups excluding carboxylic acids is 1. The van der Waals surface area contributed by atoms with Crippen LogP contribution < -0.4 is 9.47 Å². The molecule has 0 saturated carbocycles. The smallest absolute Gasteiger partial charge is 0.229 e. The molecule has 2 aromatic carbocycles. The summed E-state index contributed by atoms with van der Waals surface area (Å²) in [7, 11) is 1.40. The number of ketones is 1. The second-order valence-electron chi connectivity index (χ2n) is 10.4. The number of hydrogen-bond acceptors (Lipinski definition) is 15. The second-order valence-corrected chi connectivity index (χ2v) is 10.4. The lowest BCUT2D eigenvalue weighted by Gasteiger charge is -2.45. The molecule has 0 unspecified atom stereocenters. The Labute approximate surface area is 245 Å². The van der Waals surface area contributed by atoms with Crippen molar-refractivity contribution in [2.75, 3.05) is 13.7 Å². The lowest BCUT2D eigenvalue weighted by molar-refractivity contribution is -0.354. The third kappa shape index (κ3) is 6.95. The van der Waals surface area contributed by atoms with Gasteiger partial charge in [0.25, 0.3) is 0 Å². The largest absolute Gasteiger partial charge is 0.507 e. The number of hydrogen-bond donors (Lipinski definition) is 9. The molecule has 0 bridgehead atoms. The number of phenolic OH excluding ortho intramolecular Hbond substituents is 3. The normalized spacial score (nSPS) is 32.7. The van der Waals surface area contributed by atoms with E-state index in [1.54, 1.807) is 6.07 Å². The third-order valence-electron chi connectivity index (χ3n) is 7.41. The molecule has 2 aliphatic rings. The first-order chi connectivity index (χ1) is 20.4. The highest BCUT2D eigenvalue weighted by atomic mass is 16.8. The second kappa shape index (κ2) is 13.6. The molecule has 9 N–H and O–H groups in total. The summed E-state index contributed by atoms with van der Waals surface area (Å²) >= 11 is 0. The molecule has 0 aromatic heterocycles. The maximum Gasteiger partial charge on any atom is 0.229 e. The van der Waals surface area contributed by atoms with Gasteiger partial charge in [0.1, 0.15) is 59.4 Å². The van der Waals surface area contributed by atoms with Crippen LogP contribution in [-0.2, 0) is 20.6 Å². The third-order valence-corrected chi connectivity index (χ3v) is 7.41. The summed E-state index contributed by atoms with van der Waals surface area (Å²) < 4.78 is 27.2. The van der Waals surface area contributed by atoms with Crippen molar-refractivity contribution in [1.29, 1.82) is 0 Å². The van der Waals surface area contributed by atoms with Crippen LogP contribution >= 0.6 is 0 Å². The first-order valence-electron chi connectivity index (χ1n) is 13.5. The van der Waals surface area contributed by atoms with E-state index in [9.17, 15) is 50.8 Å². The van der Waals surface area contributed by atoms with Crippen molar-refractivity contribution < 1.29 is 74.4 Å². The fourth-order valence-corrected chi connectivity index (χ4v) is 4.93. The molecule has 0 aliphatic carbocycles. The van der Waals surface area contributed by atoms with Gasteiger partial charge in [-0.05, 0) is 31.0 Å². The van der Waals surface area contributed by atoms with Gasteiger partial charge in [-0.1, -0.05) is 6.07 Å². The highest BCUT2D eigenvalue weighted by Crippen LogP contribution is 2.37. The summed E-state index contributed by atoms with van der Waals surface area (Å²) in [5, 5.41) is 92.3. The monoisotopic (exact) mass is 612 g/mol. The topological polar surface area (TPSA) is 245 Å². The molecule has 0 radical (unpaired) electrons. The number of benzene rings is 2. The highest BCUT2D eigenvalue weighted by Gasteiger charge is 2.51. The van der Waals surface area contributed by atoms with Crippen LogP contribution in [0.1, 0.15) is 29.3 Å². The van der Waals surface area contributed by atoms with E-state index >= 15 is 0 Å². The van der Waals surface area contributed by atoms with Crippen molar-refractivity contribution in [1.82, 2.24) is 0 Å². The molecule has 2 heterocycles. The number of carbonyl (C=O) groups is 1. The summed E-state index contributed by atoms with van der Waals surface area (Å²) in [6.45, 7) is 0.662. The number of ether oxygens (including phenoxy) is 5. The number of aryl methyl sites for hydroxylation is 1. The molecule has 10 atom stereocenters. The zero-order valence-corrected chi connectivity index (χ0v) is 23.3. The van der Waals surface area contributed by atoms with Crippen LogP contribution in [0, 0.1) is 0 Å². The van der Waals surface area contributed by atoms with E-state index < -0.39 is 90.9 Å². The number of Topliss-reactive ketones (excluding diaryl/α,β-unsaturated/α-hetero) is 1. The standard InChI is InChI=1S/C28H36O15/c1-11-21(34)23(36)25(38)27(40-11)43-26-24(37)22(35)19(10-29)42-28(26)41-13-8-16(32)20(17(33)9-13)14(30)5-3-12-4-6-18(39-2)15(31)7-12/h4,6-9,11,19,21-29,31-38H,3,5,10H2,1-2H3/t11-,19+,21+,22+,23-,24-,25+,26+,27+,28+/m1/s1. The van der Waals surface area contributed by atoms with Crippen molar-refractivity contribution >= 4 is 5.78 Å². The molecule has 43 heavy (non-hydrogen) atoms. The van der Waals surface area contributed by atoms with Gasteiger partial charge in [-0.2, -0.15) is 0 Å². The van der Waals surface area contributed by atoms with Crippen LogP contribution in [0.4, 0.5) is 0 Å². The predicted molar refractivity (Wildman–Crippen MR) is 143 cm³/mol. The molecule has 4 rings (SSSR count). The van der Waals surface area contributed by atoms with Crippen molar-refractivity contribution in [3.63, 3.8) is 0 Å². The molecule has 238 valence electrons. The summed E-state index contributed by atoms with van der Waals surface area (Å²) in [4.78, 5) is 12.9. The molecule has 0 amide bonds. The van der Waals surface area contributed by atoms with Gasteiger partial charge in [0.2, 0.25) is 6.29 Å². The minimum atomic E-state index is -1.79. The molecule has 15 heteroatoms. The first kappa shape index (κ1) is 32.7. The van der Waals surface area contributed by atoms with Crippen molar-refractivity contribution in [3.8, 4) is 28.7 Å². The first-order valence-corrected chi connectivity index (χ1v) is 13.5. The van der Waals surface area contributed by atoms with Gasteiger partial charge in [-0.3, -0.25) is 4.79 Å². The Hall–Kier alpha value is -3.25. The van der Waals surface area contributed by atoms with E-state index in [0.29, 0.717) is 5.56 Å². The summed E-state index contributed by atoms with van der Waals surface area (Å²) in [6.07, 6.45) is -15.5. The van der Waals surface area contributed by atoms with Gasteiger partial charge in [-0.25, -0.2) is 0 Å². The predicted octanol–water partition coefficient (Wildman–Crippen LogP) is -1.34. The Kier molecular flexibility index (Phi) is 10.3. The molecule has 0 spiro atoms. The van der Waals surface area contributed by atoms with E-state index in [1.807, 2.05) is 0 Å². The van der Waals surface area contributed by atoms with Crippen molar-refractivity contribution in [2.24, 2.45) is 0 Å². The van der Waals surface area contributed by atoms with Crippen molar-refractivity contribution in [2.45, 2.75) is 81.2 Å². The number of aliphatic hydroxyl groups is 6. The minimum Gasteiger partial charge on any atom is -0.507 e. The summed E-state index contributed by atoms with van der Waals surface area (Å²) in [5.41, 5.74) is 0.208. The minimum absolute atomic E-state index is 0.110. The van der Waals surface area contributed by atoms with Gasteiger partial charge < -0.3 is 69.6 Å². The maximum atomic E-state index is 12.9. The maximum absolute atomic E-state index is 12.9. The zero-order valence-electron chi connectivity index (χ0n) is 23.3. The van der Waals surface area contributed by atoms with Gasteiger partial charge >= 0.3 is 0 Å². The van der Waals surface area contributed by atoms with Crippen LogP contribution in [0.25, 0.3) is 0 Å². The number of aliphatic hydroxyl groups excluding tert-OH is 6. The van der Waals surface area contributed by atoms with Crippen LogP contribution in [0.15, 0.2) is 30.3 Å². The Morgan fingerprint density at radius 1 is 0.837 bits per heavy atom. The molecule has 2 fully saturated rings. The van der Waals surface area contributed by atoms with Crippen LogP contribution in [0.3, 0.4) is 0 Å². The van der Waals surface area contributed by atoms with Gasteiger partial charge in [0, 0.05) is 18.6 Å². The van der Waals surface area contributed by atoms with E-state index in [2.05, 4.69) is 0 Å². The number of phenols is 3. The van der Waals surface area contributed by atoms with E-state index in [-0.39, 0.29) is 30.1 Å². The fraction of sp³-hybridized carbons (Fsp3) is 0.536. The lowest BCUT2D eigenvalue weighted by atomic mass is 9.97. The molecule has 15 nitrogen and oxygen atoms in total. The van der Waals surface area contributed by atoms with E-state index in [4.69, 9.17) is 23.7 Å². The van der Waals surface area contributed by atoms with Gasteiger partial charge in [0.15, 0.2) is 29.7 Å². The zero-order chi connectivity index (χ0) is 31.6. The highest BCUT2D eigenvalue weighted by molar-refractivity contribution is 6.01. The van der Waals surface area contributed by atoms with Crippen LogP contribution in [0.5, 0.6) is 28.7 Å². The van der Waals surface area contributed by atoms with Crippen LogP contribution in [0.2, 0.25) is 0 Å². The van der Waals surface area contributed by atoms with Gasteiger partial charge in [0.05, 0.1) is 19.8 Å². The number of methoxy groups -OCH3 is 1. The van der Waals surface area contributed by atoms with Crippen molar-refractivity contribution in [3.05, 3.63) is 41.5 Å². The fourth-order valence-electron chi connectivity index (χ4n) is 4.93.